The monoisotopic (exact) mass is 264 g/mol. The van der Waals surface area contributed by atoms with E-state index < -0.39 is 0 Å². The van der Waals surface area contributed by atoms with Crippen molar-refractivity contribution in [1.29, 1.82) is 0 Å². The van der Waals surface area contributed by atoms with Crippen LogP contribution in [-0.4, -0.2) is 44.8 Å². The van der Waals surface area contributed by atoms with E-state index >= 15 is 0 Å². The van der Waals surface area contributed by atoms with Crippen LogP contribution in [0.1, 0.15) is 18.9 Å². The van der Waals surface area contributed by atoms with Gasteiger partial charge in [-0.1, -0.05) is 13.0 Å². The lowest BCUT2D eigenvalue weighted by atomic mass is 10.1. The molecule has 1 fully saturated rings. The van der Waals surface area contributed by atoms with Gasteiger partial charge in [0.15, 0.2) is 0 Å². The molecular weight excluding hydrogens is 240 g/mol. The number of methoxy groups -OCH3 is 2. The Morgan fingerprint density at radius 3 is 2.74 bits per heavy atom. The second-order valence-corrected chi connectivity index (χ2v) is 4.89. The van der Waals surface area contributed by atoms with Crippen LogP contribution in [0.4, 0.5) is 0 Å². The molecule has 0 radical (unpaired) electrons. The van der Waals surface area contributed by atoms with Crippen molar-refractivity contribution in [2.45, 2.75) is 25.9 Å². The largest absolute Gasteiger partial charge is 0.497 e. The van der Waals surface area contributed by atoms with Crippen molar-refractivity contribution in [3.63, 3.8) is 0 Å². The number of nitrogens with zero attached hydrogens (tertiary/aromatic N) is 1. The van der Waals surface area contributed by atoms with E-state index in [0.29, 0.717) is 6.04 Å². The van der Waals surface area contributed by atoms with Gasteiger partial charge in [0.05, 0.1) is 14.2 Å². The molecule has 1 heterocycles. The first-order chi connectivity index (χ1) is 9.28. The van der Waals surface area contributed by atoms with Crippen molar-refractivity contribution in [3.8, 4) is 11.5 Å². The Balaban J connectivity index is 2.11. The second-order valence-electron chi connectivity index (χ2n) is 4.89. The standard InChI is InChI=1S/C15H24N2O2/c1-4-17(13-7-8-16-10-13)11-12-5-6-14(18-2)9-15(12)19-3/h5-6,9,13,16H,4,7-8,10-11H2,1-3H3. The van der Waals surface area contributed by atoms with Gasteiger partial charge in [0.1, 0.15) is 11.5 Å². The third kappa shape index (κ3) is 3.39. The smallest absolute Gasteiger partial charge is 0.127 e. The highest BCUT2D eigenvalue weighted by molar-refractivity contribution is 5.40. The van der Waals surface area contributed by atoms with Crippen LogP contribution >= 0.6 is 0 Å². The summed E-state index contributed by atoms with van der Waals surface area (Å²) in [4.78, 5) is 2.50. The molecule has 2 rings (SSSR count). The summed E-state index contributed by atoms with van der Waals surface area (Å²) in [7, 11) is 3.39. The van der Waals surface area contributed by atoms with E-state index in [1.807, 2.05) is 12.1 Å². The minimum absolute atomic E-state index is 0.636. The number of hydrogen-bond acceptors (Lipinski definition) is 4. The van der Waals surface area contributed by atoms with Crippen LogP contribution < -0.4 is 14.8 Å². The van der Waals surface area contributed by atoms with E-state index in [0.717, 1.165) is 37.7 Å². The molecule has 1 aliphatic rings. The van der Waals surface area contributed by atoms with Gasteiger partial charge in [-0.2, -0.15) is 0 Å². The van der Waals surface area contributed by atoms with Crippen LogP contribution in [0.5, 0.6) is 11.5 Å². The molecule has 1 unspecified atom stereocenters. The Hall–Kier alpha value is -1.26. The highest BCUT2D eigenvalue weighted by atomic mass is 16.5. The van der Waals surface area contributed by atoms with Gasteiger partial charge in [0.25, 0.3) is 0 Å². The van der Waals surface area contributed by atoms with E-state index in [4.69, 9.17) is 9.47 Å². The fraction of sp³-hybridized carbons (Fsp3) is 0.600. The van der Waals surface area contributed by atoms with Crippen molar-refractivity contribution in [2.24, 2.45) is 0 Å². The fourth-order valence-electron chi connectivity index (χ4n) is 2.65. The van der Waals surface area contributed by atoms with Crippen molar-refractivity contribution in [3.05, 3.63) is 23.8 Å². The first-order valence-electron chi connectivity index (χ1n) is 6.94. The summed E-state index contributed by atoms with van der Waals surface area (Å²) in [6, 6.07) is 6.69. The summed E-state index contributed by atoms with van der Waals surface area (Å²) >= 11 is 0. The Bertz CT molecular complexity index is 403. The third-order valence-corrected chi connectivity index (χ3v) is 3.82. The van der Waals surface area contributed by atoms with Gasteiger partial charge >= 0.3 is 0 Å². The minimum atomic E-state index is 0.636. The summed E-state index contributed by atoms with van der Waals surface area (Å²) in [5.41, 5.74) is 1.22. The lowest BCUT2D eigenvalue weighted by molar-refractivity contribution is 0.207. The van der Waals surface area contributed by atoms with E-state index in [9.17, 15) is 0 Å². The molecule has 1 aromatic rings. The average molecular weight is 264 g/mol. The van der Waals surface area contributed by atoms with Gasteiger partial charge in [0, 0.05) is 30.8 Å². The normalized spacial score (nSPS) is 18.8. The van der Waals surface area contributed by atoms with E-state index in [1.165, 1.54) is 12.0 Å². The maximum atomic E-state index is 5.47. The highest BCUT2D eigenvalue weighted by Gasteiger charge is 2.22. The molecule has 0 bridgehead atoms. The summed E-state index contributed by atoms with van der Waals surface area (Å²) < 4.78 is 10.7. The van der Waals surface area contributed by atoms with Gasteiger partial charge in [-0.15, -0.1) is 0 Å². The molecule has 1 N–H and O–H groups in total. The van der Waals surface area contributed by atoms with Gasteiger partial charge in [-0.05, 0) is 25.6 Å². The van der Waals surface area contributed by atoms with Crippen LogP contribution in [-0.2, 0) is 6.54 Å². The maximum absolute atomic E-state index is 5.47. The zero-order valence-corrected chi connectivity index (χ0v) is 12.1. The highest BCUT2D eigenvalue weighted by Crippen LogP contribution is 2.26. The molecule has 19 heavy (non-hydrogen) atoms. The molecule has 4 nitrogen and oxygen atoms in total. The van der Waals surface area contributed by atoms with Crippen molar-refractivity contribution < 1.29 is 9.47 Å². The van der Waals surface area contributed by atoms with Crippen LogP contribution in [0.15, 0.2) is 18.2 Å². The quantitative estimate of drug-likeness (QED) is 0.850. The predicted octanol–water partition coefficient (Wildman–Crippen LogP) is 1.89. The molecule has 106 valence electrons. The third-order valence-electron chi connectivity index (χ3n) is 3.82. The predicted molar refractivity (Wildman–Crippen MR) is 76.9 cm³/mol. The SMILES string of the molecule is CCN(Cc1ccc(OC)cc1OC)C1CCNC1. The average Bonchev–Trinajstić information content (AvgIpc) is 2.98. The van der Waals surface area contributed by atoms with E-state index in [-0.39, 0.29) is 0 Å². The molecule has 0 aromatic heterocycles. The van der Waals surface area contributed by atoms with Crippen LogP contribution in [0.3, 0.4) is 0 Å². The van der Waals surface area contributed by atoms with Crippen molar-refractivity contribution >= 4 is 0 Å². The Kier molecular flexibility index (Phi) is 5.05. The van der Waals surface area contributed by atoms with Crippen LogP contribution in [0.2, 0.25) is 0 Å². The molecule has 4 heteroatoms. The lowest BCUT2D eigenvalue weighted by Crippen LogP contribution is -2.36. The molecule has 0 spiro atoms. The topological polar surface area (TPSA) is 33.7 Å². The number of nitrogens with one attached hydrogen (secondary N) is 1. The van der Waals surface area contributed by atoms with Crippen molar-refractivity contribution in [2.75, 3.05) is 33.9 Å². The van der Waals surface area contributed by atoms with Gasteiger partial charge in [-0.3, -0.25) is 4.90 Å². The Morgan fingerprint density at radius 1 is 1.32 bits per heavy atom. The zero-order chi connectivity index (χ0) is 13.7. The summed E-state index contributed by atoms with van der Waals surface area (Å²) in [5, 5.41) is 3.43. The first kappa shape index (κ1) is 14.2. The molecule has 1 aliphatic heterocycles. The summed E-state index contributed by atoms with van der Waals surface area (Å²) in [6.45, 7) is 6.42. The number of hydrogen-bond donors (Lipinski definition) is 1. The molecule has 0 amide bonds. The van der Waals surface area contributed by atoms with Crippen LogP contribution in [0.25, 0.3) is 0 Å². The minimum Gasteiger partial charge on any atom is -0.497 e. The van der Waals surface area contributed by atoms with E-state index in [2.05, 4.69) is 23.2 Å². The van der Waals surface area contributed by atoms with E-state index in [1.54, 1.807) is 14.2 Å². The van der Waals surface area contributed by atoms with Gasteiger partial charge < -0.3 is 14.8 Å². The molecular formula is C15H24N2O2. The molecule has 1 saturated heterocycles. The number of ether oxygens (including phenoxy) is 2. The Labute approximate surface area is 115 Å². The molecule has 0 saturated carbocycles. The van der Waals surface area contributed by atoms with Crippen molar-refractivity contribution in [1.82, 2.24) is 10.2 Å². The fourth-order valence-corrected chi connectivity index (χ4v) is 2.65. The molecule has 1 aromatic carbocycles. The second kappa shape index (κ2) is 6.78. The Morgan fingerprint density at radius 2 is 2.16 bits per heavy atom. The molecule has 1 atom stereocenters. The first-order valence-corrected chi connectivity index (χ1v) is 6.94. The zero-order valence-electron chi connectivity index (χ0n) is 12.1. The maximum Gasteiger partial charge on any atom is 0.127 e. The van der Waals surface area contributed by atoms with Crippen LogP contribution in [0, 0.1) is 0 Å². The van der Waals surface area contributed by atoms with Gasteiger partial charge in [-0.25, -0.2) is 0 Å². The summed E-state index contributed by atoms with van der Waals surface area (Å²) in [5.74, 6) is 1.75. The summed E-state index contributed by atoms with van der Waals surface area (Å²) in [6.07, 6.45) is 1.23. The number of rotatable bonds is 6. The molecule has 0 aliphatic carbocycles. The number of benzene rings is 1. The lowest BCUT2D eigenvalue weighted by Gasteiger charge is -2.27. The van der Waals surface area contributed by atoms with Gasteiger partial charge in [0.2, 0.25) is 0 Å². The number of likely N-dealkylation sites (N-methyl/N-ethyl adjacent to an activating group) is 1.